The first-order valence-corrected chi connectivity index (χ1v) is 6.84. The van der Waals surface area contributed by atoms with E-state index in [2.05, 4.69) is 0 Å². The van der Waals surface area contributed by atoms with Gasteiger partial charge in [-0.05, 0) is 29.8 Å². The third-order valence-corrected chi connectivity index (χ3v) is 3.34. The Morgan fingerprint density at radius 1 is 1.05 bits per heavy atom. The van der Waals surface area contributed by atoms with E-state index in [0.717, 1.165) is 5.56 Å². The minimum absolute atomic E-state index is 0.113. The predicted molar refractivity (Wildman–Crippen MR) is 82.8 cm³/mol. The number of carbonyl (C=O) groups excluding carboxylic acids is 1. The number of carboxylic acids is 1. The van der Waals surface area contributed by atoms with Crippen molar-refractivity contribution >= 4 is 17.6 Å². The lowest BCUT2D eigenvalue weighted by molar-refractivity contribution is -0.140. The van der Waals surface area contributed by atoms with Gasteiger partial charge in [-0.1, -0.05) is 30.3 Å². The Balaban J connectivity index is 2.33. The van der Waals surface area contributed by atoms with Crippen LogP contribution in [0.4, 0.5) is 5.69 Å². The van der Waals surface area contributed by atoms with E-state index in [4.69, 9.17) is 0 Å². The second kappa shape index (κ2) is 6.76. The van der Waals surface area contributed by atoms with Gasteiger partial charge in [0.1, 0.15) is 11.8 Å². The third-order valence-electron chi connectivity index (χ3n) is 3.34. The molecule has 0 aliphatic heterocycles. The molecule has 2 N–H and O–H groups in total. The maximum atomic E-state index is 12.0. The largest absolute Gasteiger partial charge is 0.508 e. The highest BCUT2D eigenvalue weighted by atomic mass is 16.4. The highest BCUT2D eigenvalue weighted by molar-refractivity contribution is 5.97. The van der Waals surface area contributed by atoms with E-state index in [-0.39, 0.29) is 18.1 Å². The van der Waals surface area contributed by atoms with Crippen LogP contribution >= 0.6 is 0 Å². The third kappa shape index (κ3) is 3.63. The summed E-state index contributed by atoms with van der Waals surface area (Å²) in [6, 6.07) is 14.0. The molecule has 0 aromatic heterocycles. The number of carbonyl (C=O) groups is 2. The van der Waals surface area contributed by atoms with Gasteiger partial charge in [-0.2, -0.15) is 0 Å². The van der Waals surface area contributed by atoms with E-state index in [1.54, 1.807) is 42.5 Å². The van der Waals surface area contributed by atoms with Crippen LogP contribution in [0.2, 0.25) is 0 Å². The number of benzene rings is 2. The van der Waals surface area contributed by atoms with Gasteiger partial charge in [0, 0.05) is 19.0 Å². The minimum Gasteiger partial charge on any atom is -0.508 e. The Labute approximate surface area is 128 Å². The minimum atomic E-state index is -1.08. The van der Waals surface area contributed by atoms with Crippen molar-refractivity contribution in [2.45, 2.75) is 19.4 Å². The number of amides is 1. The molecule has 0 aliphatic rings. The fourth-order valence-electron chi connectivity index (χ4n) is 2.31. The van der Waals surface area contributed by atoms with Crippen LogP contribution in [-0.2, 0) is 16.0 Å². The summed E-state index contributed by atoms with van der Waals surface area (Å²) in [5, 5.41) is 18.8. The number of carboxylic acid groups (broad SMARTS) is 1. The first-order chi connectivity index (χ1) is 10.5. The Morgan fingerprint density at radius 2 is 1.64 bits per heavy atom. The lowest BCUT2D eigenvalue weighted by atomic mass is 10.0. The molecule has 2 aromatic carbocycles. The molecule has 1 atom stereocenters. The van der Waals surface area contributed by atoms with Crippen LogP contribution in [-0.4, -0.2) is 28.1 Å². The molecule has 5 nitrogen and oxygen atoms in total. The highest BCUT2D eigenvalue weighted by Crippen LogP contribution is 2.20. The quantitative estimate of drug-likeness (QED) is 0.889. The molecule has 1 amide bonds. The van der Waals surface area contributed by atoms with Crippen molar-refractivity contribution < 1.29 is 19.8 Å². The summed E-state index contributed by atoms with van der Waals surface area (Å²) in [6.45, 7) is 1.35. The molecule has 22 heavy (non-hydrogen) atoms. The molecule has 114 valence electrons. The van der Waals surface area contributed by atoms with E-state index in [9.17, 15) is 19.8 Å². The van der Waals surface area contributed by atoms with Crippen molar-refractivity contribution in [3.05, 3.63) is 60.2 Å². The number of phenolic OH excluding ortho intramolecular Hbond substituents is 1. The van der Waals surface area contributed by atoms with Crippen LogP contribution in [0.25, 0.3) is 0 Å². The van der Waals surface area contributed by atoms with E-state index in [1.165, 1.54) is 24.0 Å². The Bertz CT molecular complexity index is 652. The number of aromatic hydroxyl groups is 1. The van der Waals surface area contributed by atoms with Crippen molar-refractivity contribution in [3.8, 4) is 5.75 Å². The molecule has 0 spiro atoms. The molecular formula is C17H17NO4. The van der Waals surface area contributed by atoms with Gasteiger partial charge in [0.05, 0.1) is 0 Å². The molecular weight excluding hydrogens is 282 g/mol. The average Bonchev–Trinajstić information content (AvgIpc) is 2.49. The topological polar surface area (TPSA) is 77.8 Å². The Kier molecular flexibility index (Phi) is 4.78. The summed E-state index contributed by atoms with van der Waals surface area (Å²) < 4.78 is 0. The molecule has 2 aromatic rings. The van der Waals surface area contributed by atoms with E-state index < -0.39 is 12.0 Å². The number of hydrogen-bond donors (Lipinski definition) is 2. The van der Waals surface area contributed by atoms with Crippen molar-refractivity contribution in [1.29, 1.82) is 0 Å². The maximum Gasteiger partial charge on any atom is 0.327 e. The van der Waals surface area contributed by atoms with E-state index >= 15 is 0 Å². The standard InChI is InChI=1S/C17H17NO4/c1-12(19)18(14-5-3-2-4-6-14)16(17(21)22)11-13-7-9-15(20)10-8-13/h2-10,16,20H,11H2,1H3,(H,21,22). The van der Waals surface area contributed by atoms with Gasteiger partial charge < -0.3 is 10.2 Å². The maximum absolute atomic E-state index is 12.0. The number of nitrogens with zero attached hydrogens (tertiary/aromatic N) is 1. The van der Waals surface area contributed by atoms with Crippen LogP contribution in [0, 0.1) is 0 Å². The van der Waals surface area contributed by atoms with Crippen molar-refractivity contribution in [1.82, 2.24) is 0 Å². The van der Waals surface area contributed by atoms with Gasteiger partial charge in [-0.25, -0.2) is 4.79 Å². The first-order valence-electron chi connectivity index (χ1n) is 6.84. The number of rotatable bonds is 5. The normalized spacial score (nSPS) is 11.7. The van der Waals surface area contributed by atoms with Gasteiger partial charge in [0.25, 0.3) is 0 Å². The first kappa shape index (κ1) is 15.6. The van der Waals surface area contributed by atoms with Crippen LogP contribution in [0.1, 0.15) is 12.5 Å². The molecule has 0 bridgehead atoms. The van der Waals surface area contributed by atoms with Gasteiger partial charge in [-0.3, -0.25) is 9.69 Å². The summed E-state index contributed by atoms with van der Waals surface area (Å²) in [7, 11) is 0. The van der Waals surface area contributed by atoms with E-state index in [1.807, 2.05) is 0 Å². The van der Waals surface area contributed by atoms with Crippen molar-refractivity contribution in [3.63, 3.8) is 0 Å². The summed E-state index contributed by atoms with van der Waals surface area (Å²) in [4.78, 5) is 24.9. The summed E-state index contributed by atoms with van der Waals surface area (Å²) in [5.74, 6) is -1.30. The van der Waals surface area contributed by atoms with Crippen LogP contribution in [0.3, 0.4) is 0 Å². The molecule has 0 saturated carbocycles. The Morgan fingerprint density at radius 3 is 2.14 bits per heavy atom. The van der Waals surface area contributed by atoms with Gasteiger partial charge in [-0.15, -0.1) is 0 Å². The number of para-hydroxylation sites is 1. The zero-order chi connectivity index (χ0) is 16.1. The lowest BCUT2D eigenvalue weighted by Crippen LogP contribution is -2.45. The summed E-state index contributed by atoms with van der Waals surface area (Å²) in [6.07, 6.45) is 0.157. The number of anilines is 1. The number of hydrogen-bond acceptors (Lipinski definition) is 3. The van der Waals surface area contributed by atoms with Gasteiger partial charge in [0.15, 0.2) is 0 Å². The van der Waals surface area contributed by atoms with Gasteiger partial charge >= 0.3 is 5.97 Å². The molecule has 2 rings (SSSR count). The molecule has 1 unspecified atom stereocenters. The van der Waals surface area contributed by atoms with E-state index in [0.29, 0.717) is 5.69 Å². The van der Waals surface area contributed by atoms with Crippen LogP contribution in [0.15, 0.2) is 54.6 Å². The summed E-state index contributed by atoms with van der Waals surface area (Å²) in [5.41, 5.74) is 1.27. The summed E-state index contributed by atoms with van der Waals surface area (Å²) >= 11 is 0. The van der Waals surface area contributed by atoms with Gasteiger partial charge in [0.2, 0.25) is 5.91 Å². The molecule has 0 fully saturated rings. The van der Waals surface area contributed by atoms with Crippen LogP contribution in [0.5, 0.6) is 5.75 Å². The lowest BCUT2D eigenvalue weighted by Gasteiger charge is -2.28. The fourth-order valence-corrected chi connectivity index (χ4v) is 2.31. The predicted octanol–water partition coefficient (Wildman–Crippen LogP) is 2.44. The highest BCUT2D eigenvalue weighted by Gasteiger charge is 2.29. The van der Waals surface area contributed by atoms with Crippen molar-refractivity contribution in [2.75, 3.05) is 4.90 Å². The fraction of sp³-hybridized carbons (Fsp3) is 0.176. The molecule has 0 radical (unpaired) electrons. The average molecular weight is 299 g/mol. The SMILES string of the molecule is CC(=O)N(c1ccccc1)C(Cc1ccc(O)cc1)C(=O)O. The van der Waals surface area contributed by atoms with Crippen molar-refractivity contribution in [2.24, 2.45) is 0 Å². The smallest absolute Gasteiger partial charge is 0.327 e. The zero-order valence-electron chi connectivity index (χ0n) is 12.1. The van der Waals surface area contributed by atoms with Crippen LogP contribution < -0.4 is 4.90 Å². The second-order valence-corrected chi connectivity index (χ2v) is 4.95. The number of aliphatic carboxylic acids is 1. The molecule has 0 saturated heterocycles. The zero-order valence-corrected chi connectivity index (χ0v) is 12.1. The monoisotopic (exact) mass is 299 g/mol. The number of phenols is 1. The Hall–Kier alpha value is -2.82. The molecule has 5 heteroatoms. The second-order valence-electron chi connectivity index (χ2n) is 4.95. The molecule has 0 heterocycles. The molecule has 0 aliphatic carbocycles.